The molecule has 3 rings (SSSR count). The quantitative estimate of drug-likeness (QED) is 0.487. The minimum Gasteiger partial charge on any atom is -0.399 e. The minimum atomic E-state index is 0.725. The molecule has 0 saturated heterocycles. The number of fused-ring (bicyclic) bond motifs is 1. The molecule has 2 nitrogen and oxygen atoms in total. The van der Waals surface area contributed by atoms with Crippen molar-refractivity contribution in [2.24, 2.45) is 0 Å². The van der Waals surface area contributed by atoms with Crippen LogP contribution in [0.25, 0.3) is 10.9 Å². The van der Waals surface area contributed by atoms with Crippen LogP contribution in [0.15, 0.2) is 60.8 Å². The lowest BCUT2D eigenvalue weighted by Crippen LogP contribution is -1.85. The van der Waals surface area contributed by atoms with Gasteiger partial charge in [0.2, 0.25) is 0 Å². The number of anilines is 1. The van der Waals surface area contributed by atoms with Crippen LogP contribution in [-0.4, -0.2) is 4.98 Å². The Hall–Kier alpha value is -2.79. The smallest absolute Gasteiger partial charge is 0.0702 e. The highest BCUT2D eigenvalue weighted by molar-refractivity contribution is 5.79. The third kappa shape index (κ3) is 2.56. The molecule has 0 atom stereocenters. The van der Waals surface area contributed by atoms with E-state index in [9.17, 15) is 0 Å². The predicted octanol–water partition coefficient (Wildman–Crippen LogP) is 3.22. The Morgan fingerprint density at radius 1 is 0.842 bits per heavy atom. The van der Waals surface area contributed by atoms with Crippen molar-refractivity contribution < 1.29 is 0 Å². The summed E-state index contributed by atoms with van der Waals surface area (Å²) in [6, 6.07) is 17.6. The molecule has 90 valence electrons. The molecule has 0 radical (unpaired) electrons. The molecule has 0 spiro atoms. The number of hydrogen-bond donors (Lipinski definition) is 1. The van der Waals surface area contributed by atoms with Gasteiger partial charge in [0.1, 0.15) is 0 Å². The summed E-state index contributed by atoms with van der Waals surface area (Å²) in [6.07, 6.45) is 1.79. The SMILES string of the molecule is Nc1cccc(C#Cc2cnc3ccccc3c2)c1. The number of aromatic nitrogens is 1. The summed E-state index contributed by atoms with van der Waals surface area (Å²) in [4.78, 5) is 4.38. The van der Waals surface area contributed by atoms with Gasteiger partial charge in [-0.2, -0.15) is 0 Å². The predicted molar refractivity (Wildman–Crippen MR) is 78.6 cm³/mol. The van der Waals surface area contributed by atoms with Crippen LogP contribution < -0.4 is 5.73 Å². The van der Waals surface area contributed by atoms with E-state index in [4.69, 9.17) is 5.73 Å². The van der Waals surface area contributed by atoms with Gasteiger partial charge in [0.25, 0.3) is 0 Å². The maximum absolute atomic E-state index is 5.72. The first-order valence-electron chi connectivity index (χ1n) is 6.04. The van der Waals surface area contributed by atoms with Crippen molar-refractivity contribution in [2.75, 3.05) is 5.73 Å². The number of para-hydroxylation sites is 1. The highest BCUT2D eigenvalue weighted by Crippen LogP contribution is 2.12. The third-order valence-corrected chi connectivity index (χ3v) is 2.83. The van der Waals surface area contributed by atoms with Gasteiger partial charge in [0, 0.05) is 28.4 Å². The number of benzene rings is 2. The number of hydrogen-bond acceptors (Lipinski definition) is 2. The van der Waals surface area contributed by atoms with Gasteiger partial charge in [-0.3, -0.25) is 4.98 Å². The molecule has 0 aliphatic rings. The van der Waals surface area contributed by atoms with E-state index in [-0.39, 0.29) is 0 Å². The Bertz CT molecular complexity index is 795. The van der Waals surface area contributed by atoms with E-state index in [1.807, 2.05) is 54.6 Å². The fraction of sp³-hybridized carbons (Fsp3) is 0. The lowest BCUT2D eigenvalue weighted by atomic mass is 10.1. The molecule has 3 aromatic rings. The maximum atomic E-state index is 5.72. The van der Waals surface area contributed by atoms with E-state index in [2.05, 4.69) is 16.8 Å². The normalized spacial score (nSPS) is 9.89. The van der Waals surface area contributed by atoms with E-state index in [0.29, 0.717) is 0 Å². The van der Waals surface area contributed by atoms with Crippen LogP contribution in [0, 0.1) is 11.8 Å². The van der Waals surface area contributed by atoms with Gasteiger partial charge in [0.15, 0.2) is 0 Å². The van der Waals surface area contributed by atoms with Crippen LogP contribution in [0.2, 0.25) is 0 Å². The first-order chi connectivity index (χ1) is 9.31. The topological polar surface area (TPSA) is 38.9 Å². The molecular weight excluding hydrogens is 232 g/mol. The lowest BCUT2D eigenvalue weighted by Gasteiger charge is -1.96. The van der Waals surface area contributed by atoms with Crippen molar-refractivity contribution in [2.45, 2.75) is 0 Å². The fourth-order valence-corrected chi connectivity index (χ4v) is 1.90. The second-order valence-electron chi connectivity index (χ2n) is 4.29. The van der Waals surface area contributed by atoms with Gasteiger partial charge in [0.05, 0.1) is 5.52 Å². The maximum Gasteiger partial charge on any atom is 0.0702 e. The van der Waals surface area contributed by atoms with Crippen LogP contribution in [0.5, 0.6) is 0 Å². The van der Waals surface area contributed by atoms with Crippen molar-refractivity contribution in [1.82, 2.24) is 4.98 Å². The standard InChI is InChI=1S/C17H12N2/c18-16-6-3-4-13(11-16)8-9-14-10-15-5-1-2-7-17(15)19-12-14/h1-7,10-12H,18H2. The fourth-order valence-electron chi connectivity index (χ4n) is 1.90. The second-order valence-corrected chi connectivity index (χ2v) is 4.29. The Labute approximate surface area is 111 Å². The summed E-state index contributed by atoms with van der Waals surface area (Å²) in [5.41, 5.74) is 9.24. The summed E-state index contributed by atoms with van der Waals surface area (Å²) in [6.45, 7) is 0. The average molecular weight is 244 g/mol. The number of nitrogens with two attached hydrogens (primary N) is 1. The second kappa shape index (κ2) is 4.83. The highest BCUT2D eigenvalue weighted by atomic mass is 14.6. The van der Waals surface area contributed by atoms with Crippen molar-refractivity contribution in [1.29, 1.82) is 0 Å². The molecule has 0 unspecified atom stereocenters. The molecule has 2 aromatic carbocycles. The number of pyridine rings is 1. The summed E-state index contributed by atoms with van der Waals surface area (Å²) < 4.78 is 0. The van der Waals surface area contributed by atoms with Gasteiger partial charge in [-0.1, -0.05) is 36.1 Å². The molecule has 0 aliphatic carbocycles. The Kier molecular flexibility index (Phi) is 2.88. The van der Waals surface area contributed by atoms with E-state index < -0.39 is 0 Å². The molecule has 0 amide bonds. The summed E-state index contributed by atoms with van der Waals surface area (Å²) in [7, 11) is 0. The third-order valence-electron chi connectivity index (χ3n) is 2.83. The monoisotopic (exact) mass is 244 g/mol. The van der Waals surface area contributed by atoms with Crippen molar-refractivity contribution in [3.63, 3.8) is 0 Å². The van der Waals surface area contributed by atoms with Crippen molar-refractivity contribution in [3.05, 3.63) is 71.9 Å². The van der Waals surface area contributed by atoms with Crippen LogP contribution in [0.4, 0.5) is 5.69 Å². The van der Waals surface area contributed by atoms with E-state index in [0.717, 1.165) is 27.7 Å². The number of nitrogen functional groups attached to an aromatic ring is 1. The number of rotatable bonds is 0. The lowest BCUT2D eigenvalue weighted by molar-refractivity contribution is 1.39. The number of nitrogens with zero attached hydrogens (tertiary/aromatic N) is 1. The largest absolute Gasteiger partial charge is 0.399 e. The highest BCUT2D eigenvalue weighted by Gasteiger charge is 1.94. The molecule has 2 N–H and O–H groups in total. The van der Waals surface area contributed by atoms with Gasteiger partial charge in [-0.15, -0.1) is 0 Å². The summed E-state index contributed by atoms with van der Waals surface area (Å²) in [5, 5.41) is 1.10. The Balaban J connectivity index is 1.98. The van der Waals surface area contributed by atoms with Crippen LogP contribution in [0.1, 0.15) is 11.1 Å². The average Bonchev–Trinajstić information content (AvgIpc) is 2.45. The zero-order valence-electron chi connectivity index (χ0n) is 10.3. The van der Waals surface area contributed by atoms with Crippen LogP contribution in [0.3, 0.4) is 0 Å². The molecule has 19 heavy (non-hydrogen) atoms. The van der Waals surface area contributed by atoms with E-state index in [1.165, 1.54) is 0 Å². The van der Waals surface area contributed by atoms with Crippen LogP contribution in [-0.2, 0) is 0 Å². The Morgan fingerprint density at radius 2 is 1.68 bits per heavy atom. The first kappa shape index (κ1) is 11.3. The van der Waals surface area contributed by atoms with E-state index >= 15 is 0 Å². The summed E-state index contributed by atoms with van der Waals surface area (Å²) in [5.74, 6) is 6.21. The summed E-state index contributed by atoms with van der Waals surface area (Å²) >= 11 is 0. The van der Waals surface area contributed by atoms with Gasteiger partial charge < -0.3 is 5.73 Å². The van der Waals surface area contributed by atoms with Crippen LogP contribution >= 0.6 is 0 Å². The van der Waals surface area contributed by atoms with Crippen molar-refractivity contribution in [3.8, 4) is 11.8 Å². The zero-order valence-corrected chi connectivity index (χ0v) is 10.3. The molecule has 0 bridgehead atoms. The molecule has 1 aromatic heterocycles. The Morgan fingerprint density at radius 3 is 2.58 bits per heavy atom. The molecule has 0 fully saturated rings. The zero-order chi connectivity index (χ0) is 13.1. The van der Waals surface area contributed by atoms with Gasteiger partial charge in [-0.25, -0.2) is 0 Å². The molecule has 2 heteroatoms. The first-order valence-corrected chi connectivity index (χ1v) is 6.04. The molecule has 1 heterocycles. The molecular formula is C17H12N2. The van der Waals surface area contributed by atoms with Crippen molar-refractivity contribution >= 4 is 16.6 Å². The van der Waals surface area contributed by atoms with Gasteiger partial charge >= 0.3 is 0 Å². The van der Waals surface area contributed by atoms with E-state index in [1.54, 1.807) is 6.20 Å². The molecule has 0 aliphatic heterocycles. The van der Waals surface area contributed by atoms with Gasteiger partial charge in [-0.05, 0) is 30.3 Å². The molecule has 0 saturated carbocycles. The minimum absolute atomic E-state index is 0.725.